The second kappa shape index (κ2) is 11.2. The lowest BCUT2D eigenvalue weighted by Gasteiger charge is -2.14. The summed E-state index contributed by atoms with van der Waals surface area (Å²) in [5.41, 5.74) is 3.68. The molecule has 4 aromatic heterocycles. The highest BCUT2D eigenvalue weighted by atomic mass is 32.1. The van der Waals surface area contributed by atoms with E-state index in [1.54, 1.807) is 24.5 Å². The van der Waals surface area contributed by atoms with Crippen molar-refractivity contribution >= 4 is 34.1 Å². The monoisotopic (exact) mass is 541 g/mol. The van der Waals surface area contributed by atoms with Gasteiger partial charge in [-0.15, -0.1) is 15.3 Å². The molecule has 2 amide bonds. The normalized spacial score (nSPS) is 16.7. The summed E-state index contributed by atoms with van der Waals surface area (Å²) in [6, 6.07) is 13.2. The van der Waals surface area contributed by atoms with E-state index in [0.717, 1.165) is 24.4 Å². The molecule has 2 aliphatic rings. The van der Waals surface area contributed by atoms with Gasteiger partial charge in [-0.25, -0.2) is 0 Å². The van der Waals surface area contributed by atoms with E-state index in [0.29, 0.717) is 40.7 Å². The predicted octanol–water partition coefficient (Wildman–Crippen LogP) is 3.10. The van der Waals surface area contributed by atoms with E-state index in [-0.39, 0.29) is 24.2 Å². The van der Waals surface area contributed by atoms with Crippen molar-refractivity contribution in [3.05, 3.63) is 82.5 Å². The van der Waals surface area contributed by atoms with E-state index < -0.39 is 0 Å². The highest BCUT2D eigenvalue weighted by Crippen LogP contribution is 2.39. The first-order chi connectivity index (χ1) is 19.1. The van der Waals surface area contributed by atoms with Crippen molar-refractivity contribution in [1.82, 2.24) is 35.7 Å². The first-order valence-corrected chi connectivity index (χ1v) is 13.8. The van der Waals surface area contributed by atoms with Crippen LogP contribution >= 0.6 is 11.3 Å². The number of aromatic nitrogens is 6. The summed E-state index contributed by atoms with van der Waals surface area (Å²) < 4.78 is 0. The molecule has 1 aliphatic heterocycles. The number of amides is 2. The Labute approximate surface area is 229 Å². The van der Waals surface area contributed by atoms with Crippen molar-refractivity contribution in [2.45, 2.75) is 44.1 Å². The van der Waals surface area contributed by atoms with Crippen LogP contribution in [0.5, 0.6) is 0 Å². The molecule has 12 heteroatoms. The van der Waals surface area contributed by atoms with Crippen molar-refractivity contribution in [2.24, 2.45) is 0 Å². The van der Waals surface area contributed by atoms with E-state index in [2.05, 4.69) is 52.0 Å². The van der Waals surface area contributed by atoms with Crippen LogP contribution < -0.4 is 15.5 Å². The number of nitrogens with zero attached hydrogens (tertiary/aromatic N) is 7. The number of carbonyl (C=O) groups excluding carboxylic acids is 2. The standard InChI is InChI=1S/C27H27N9O2S/c37-24(14-20-3-1-2-10-28-20)31-23-7-6-22(32-33-23)19-9-12-36(16-19)27-35-34-26(39-27)25(38)30-15-21-13-18(8-11-29-21)17-4-5-17/h1-3,6-8,10-11,13,17,19H,4-5,9,12,14-16H2,(H,30,38)(H,31,33,37). The van der Waals surface area contributed by atoms with Gasteiger partial charge in [0.05, 0.1) is 24.4 Å². The minimum atomic E-state index is -0.250. The lowest BCUT2D eigenvalue weighted by atomic mass is 10.1. The second-order valence-corrected chi connectivity index (χ2v) is 10.7. The molecule has 1 saturated heterocycles. The molecule has 39 heavy (non-hydrogen) atoms. The minimum Gasteiger partial charge on any atom is -0.346 e. The summed E-state index contributed by atoms with van der Waals surface area (Å²) in [6.45, 7) is 1.84. The molecule has 1 aliphatic carbocycles. The molecule has 0 aromatic carbocycles. The van der Waals surface area contributed by atoms with Crippen LogP contribution in [0.4, 0.5) is 10.9 Å². The van der Waals surface area contributed by atoms with Crippen molar-refractivity contribution in [3.8, 4) is 0 Å². The Bertz CT molecular complexity index is 1460. The van der Waals surface area contributed by atoms with Crippen molar-refractivity contribution in [2.75, 3.05) is 23.3 Å². The maximum atomic E-state index is 12.7. The smallest absolute Gasteiger partial charge is 0.282 e. The molecular weight excluding hydrogens is 514 g/mol. The van der Waals surface area contributed by atoms with Gasteiger partial charge in [0, 0.05) is 37.1 Å². The Balaban J connectivity index is 1.000. The number of anilines is 2. The van der Waals surface area contributed by atoms with Gasteiger partial charge in [-0.2, -0.15) is 5.10 Å². The van der Waals surface area contributed by atoms with E-state index in [4.69, 9.17) is 0 Å². The fraction of sp³-hybridized carbons (Fsp3) is 0.333. The maximum absolute atomic E-state index is 12.7. The van der Waals surface area contributed by atoms with Crippen LogP contribution in [-0.2, 0) is 17.8 Å². The summed E-state index contributed by atoms with van der Waals surface area (Å²) in [5, 5.41) is 23.6. The molecule has 198 valence electrons. The SMILES string of the molecule is O=C(Cc1ccccn1)Nc1ccc(C2CCN(c3nnc(C(=O)NCc4cc(C5CC5)ccn4)s3)C2)nn1. The molecule has 11 nitrogen and oxygen atoms in total. The number of pyridine rings is 2. The summed E-state index contributed by atoms with van der Waals surface area (Å²) >= 11 is 1.28. The van der Waals surface area contributed by atoms with Gasteiger partial charge in [-0.1, -0.05) is 17.4 Å². The summed E-state index contributed by atoms with van der Waals surface area (Å²) in [4.78, 5) is 35.6. The maximum Gasteiger partial charge on any atom is 0.282 e. The Morgan fingerprint density at radius 3 is 2.62 bits per heavy atom. The van der Waals surface area contributed by atoms with Crippen molar-refractivity contribution in [3.63, 3.8) is 0 Å². The third kappa shape index (κ3) is 6.23. The lowest BCUT2D eigenvalue weighted by molar-refractivity contribution is -0.115. The Hall–Kier alpha value is -4.32. The Morgan fingerprint density at radius 2 is 1.82 bits per heavy atom. The largest absolute Gasteiger partial charge is 0.346 e. The van der Waals surface area contributed by atoms with Gasteiger partial charge in [0.15, 0.2) is 5.82 Å². The number of carbonyl (C=O) groups is 2. The highest BCUT2D eigenvalue weighted by Gasteiger charge is 2.28. The minimum absolute atomic E-state index is 0.168. The lowest BCUT2D eigenvalue weighted by Crippen LogP contribution is -2.23. The molecular formula is C27H27N9O2S. The third-order valence-corrected chi connectivity index (χ3v) is 7.81. The number of nitrogens with one attached hydrogen (secondary N) is 2. The van der Waals surface area contributed by atoms with Gasteiger partial charge >= 0.3 is 0 Å². The molecule has 0 spiro atoms. The molecule has 6 rings (SSSR count). The molecule has 1 atom stereocenters. The average molecular weight is 542 g/mol. The third-order valence-electron chi connectivity index (χ3n) is 6.83. The van der Waals surface area contributed by atoms with Crippen molar-refractivity contribution in [1.29, 1.82) is 0 Å². The van der Waals surface area contributed by atoms with Gasteiger partial charge < -0.3 is 15.5 Å². The van der Waals surface area contributed by atoms with Gasteiger partial charge in [0.2, 0.25) is 16.0 Å². The van der Waals surface area contributed by atoms with Gasteiger partial charge in [-0.05, 0) is 67.1 Å². The number of hydrogen-bond acceptors (Lipinski definition) is 10. The fourth-order valence-electron chi connectivity index (χ4n) is 4.60. The zero-order valence-electron chi connectivity index (χ0n) is 21.2. The number of rotatable bonds is 9. The zero-order chi connectivity index (χ0) is 26.6. The van der Waals surface area contributed by atoms with Crippen LogP contribution in [-0.4, -0.2) is 55.3 Å². The van der Waals surface area contributed by atoms with Crippen molar-refractivity contribution < 1.29 is 9.59 Å². The predicted molar refractivity (Wildman–Crippen MR) is 145 cm³/mol. The molecule has 4 aromatic rings. The van der Waals surface area contributed by atoms with E-state index in [1.807, 2.05) is 24.3 Å². The van der Waals surface area contributed by atoms with Crippen LogP contribution in [0.25, 0.3) is 0 Å². The topological polar surface area (TPSA) is 139 Å². The summed E-state index contributed by atoms with van der Waals surface area (Å²) in [5.74, 6) is 0.775. The molecule has 1 saturated carbocycles. The molecule has 5 heterocycles. The molecule has 0 radical (unpaired) electrons. The average Bonchev–Trinajstić information content (AvgIpc) is 3.48. The first kappa shape index (κ1) is 25.0. The summed E-state index contributed by atoms with van der Waals surface area (Å²) in [6.07, 6.45) is 6.97. The molecule has 2 N–H and O–H groups in total. The zero-order valence-corrected chi connectivity index (χ0v) is 22.0. The second-order valence-electron chi connectivity index (χ2n) is 9.75. The Morgan fingerprint density at radius 1 is 0.923 bits per heavy atom. The van der Waals surface area contributed by atoms with Gasteiger partial charge in [0.25, 0.3) is 5.91 Å². The van der Waals surface area contributed by atoms with E-state index in [9.17, 15) is 9.59 Å². The van der Waals surface area contributed by atoms with Crippen LogP contribution in [0.2, 0.25) is 0 Å². The van der Waals surface area contributed by atoms with Crippen LogP contribution in [0.3, 0.4) is 0 Å². The summed E-state index contributed by atoms with van der Waals surface area (Å²) in [7, 11) is 0. The molecule has 2 fully saturated rings. The van der Waals surface area contributed by atoms with Crippen LogP contribution in [0.15, 0.2) is 54.9 Å². The van der Waals surface area contributed by atoms with Crippen LogP contribution in [0, 0.1) is 0 Å². The van der Waals surface area contributed by atoms with Crippen LogP contribution in [0.1, 0.15) is 63.5 Å². The quantitative estimate of drug-likeness (QED) is 0.327. The van der Waals surface area contributed by atoms with Gasteiger partial charge in [0.1, 0.15) is 0 Å². The molecule has 0 bridgehead atoms. The number of hydrogen-bond donors (Lipinski definition) is 2. The van der Waals surface area contributed by atoms with Gasteiger partial charge in [-0.3, -0.25) is 19.6 Å². The van der Waals surface area contributed by atoms with E-state index in [1.165, 1.54) is 29.7 Å². The fourth-order valence-corrected chi connectivity index (χ4v) is 5.40. The first-order valence-electron chi connectivity index (χ1n) is 13.0. The van der Waals surface area contributed by atoms with E-state index >= 15 is 0 Å². The molecule has 1 unspecified atom stereocenters. The Kier molecular flexibility index (Phi) is 7.17. The highest BCUT2D eigenvalue weighted by molar-refractivity contribution is 7.17.